The number of anilines is 1. The zero-order valence-electron chi connectivity index (χ0n) is 10.9. The minimum atomic E-state index is 0.0260. The first kappa shape index (κ1) is 12.4. The highest BCUT2D eigenvalue weighted by Gasteiger charge is 2.15. The zero-order valence-corrected chi connectivity index (χ0v) is 10.9. The predicted octanol–water partition coefficient (Wildman–Crippen LogP) is 0.813. The summed E-state index contributed by atoms with van der Waals surface area (Å²) in [5, 5.41) is 6.25. The highest BCUT2D eigenvalue weighted by molar-refractivity contribution is 5.93. The standard InChI is InChI=1S/C14H19N3O2/c18-14-3-8-19-13-2-1-11(9-12(13)16-14)10-17-6-4-15-5-7-17/h1-2,9,15H,3-8,10H2,(H,16,18). The molecule has 0 aliphatic carbocycles. The van der Waals surface area contributed by atoms with E-state index in [1.165, 1.54) is 5.56 Å². The molecule has 0 aromatic heterocycles. The Kier molecular flexibility index (Phi) is 3.66. The predicted molar refractivity (Wildman–Crippen MR) is 73.3 cm³/mol. The topological polar surface area (TPSA) is 53.6 Å². The Balaban J connectivity index is 1.74. The maximum absolute atomic E-state index is 11.5. The van der Waals surface area contributed by atoms with Gasteiger partial charge in [-0.2, -0.15) is 0 Å². The molecule has 19 heavy (non-hydrogen) atoms. The van der Waals surface area contributed by atoms with Crippen molar-refractivity contribution in [2.45, 2.75) is 13.0 Å². The fourth-order valence-corrected chi connectivity index (χ4v) is 2.49. The van der Waals surface area contributed by atoms with E-state index in [1.807, 2.05) is 12.1 Å². The average Bonchev–Trinajstić information content (AvgIpc) is 2.60. The number of carbonyl (C=O) groups excluding carboxylic acids is 1. The molecular weight excluding hydrogens is 242 g/mol. The lowest BCUT2D eigenvalue weighted by molar-refractivity contribution is -0.116. The molecule has 0 spiro atoms. The third kappa shape index (κ3) is 3.05. The number of piperazine rings is 1. The number of rotatable bonds is 2. The van der Waals surface area contributed by atoms with Crippen molar-refractivity contribution >= 4 is 11.6 Å². The van der Waals surface area contributed by atoms with E-state index in [2.05, 4.69) is 21.6 Å². The molecular formula is C14H19N3O2. The average molecular weight is 261 g/mol. The van der Waals surface area contributed by atoms with Gasteiger partial charge in [-0.1, -0.05) is 6.07 Å². The molecule has 1 aromatic carbocycles. The molecule has 1 saturated heterocycles. The van der Waals surface area contributed by atoms with Crippen molar-refractivity contribution in [1.29, 1.82) is 0 Å². The zero-order chi connectivity index (χ0) is 13.1. The summed E-state index contributed by atoms with van der Waals surface area (Å²) in [5.74, 6) is 0.799. The molecule has 2 N–H and O–H groups in total. The molecule has 2 heterocycles. The Bertz CT molecular complexity index is 470. The van der Waals surface area contributed by atoms with Gasteiger partial charge in [0, 0.05) is 32.7 Å². The van der Waals surface area contributed by atoms with E-state index in [0.717, 1.165) is 44.2 Å². The van der Waals surface area contributed by atoms with Gasteiger partial charge in [0.1, 0.15) is 5.75 Å². The normalized spacial score (nSPS) is 20.1. The van der Waals surface area contributed by atoms with Gasteiger partial charge >= 0.3 is 0 Å². The lowest BCUT2D eigenvalue weighted by Gasteiger charge is -2.27. The molecule has 1 aromatic rings. The Labute approximate surface area is 112 Å². The van der Waals surface area contributed by atoms with Crippen LogP contribution in [0.3, 0.4) is 0 Å². The summed E-state index contributed by atoms with van der Waals surface area (Å²) in [6.07, 6.45) is 0.418. The van der Waals surface area contributed by atoms with E-state index < -0.39 is 0 Å². The Morgan fingerprint density at radius 3 is 2.95 bits per heavy atom. The second-order valence-electron chi connectivity index (χ2n) is 5.00. The molecule has 2 aliphatic heterocycles. The first-order valence-electron chi connectivity index (χ1n) is 6.80. The van der Waals surface area contributed by atoms with E-state index in [4.69, 9.17) is 4.74 Å². The second-order valence-corrected chi connectivity index (χ2v) is 5.00. The Morgan fingerprint density at radius 2 is 2.11 bits per heavy atom. The van der Waals surface area contributed by atoms with Crippen LogP contribution in [0.25, 0.3) is 0 Å². The number of hydrogen-bond donors (Lipinski definition) is 2. The summed E-state index contributed by atoms with van der Waals surface area (Å²) >= 11 is 0. The van der Waals surface area contributed by atoms with Gasteiger partial charge < -0.3 is 15.4 Å². The van der Waals surface area contributed by atoms with Gasteiger partial charge in [0.15, 0.2) is 0 Å². The second kappa shape index (κ2) is 5.59. The Hall–Kier alpha value is -1.59. The van der Waals surface area contributed by atoms with Crippen molar-refractivity contribution < 1.29 is 9.53 Å². The molecule has 0 bridgehead atoms. The summed E-state index contributed by atoms with van der Waals surface area (Å²) in [6, 6.07) is 6.07. The van der Waals surface area contributed by atoms with Crippen LogP contribution in [0.1, 0.15) is 12.0 Å². The van der Waals surface area contributed by atoms with Gasteiger partial charge in [-0.15, -0.1) is 0 Å². The fourth-order valence-electron chi connectivity index (χ4n) is 2.49. The summed E-state index contributed by atoms with van der Waals surface area (Å²) in [5.41, 5.74) is 2.02. The third-order valence-corrected chi connectivity index (χ3v) is 3.52. The lowest BCUT2D eigenvalue weighted by atomic mass is 10.1. The maximum Gasteiger partial charge on any atom is 0.227 e. The summed E-state index contributed by atoms with van der Waals surface area (Å²) < 4.78 is 5.56. The number of ether oxygens (including phenoxy) is 1. The van der Waals surface area contributed by atoms with E-state index in [0.29, 0.717) is 13.0 Å². The molecule has 0 saturated carbocycles. The monoisotopic (exact) mass is 261 g/mol. The molecule has 2 aliphatic rings. The minimum absolute atomic E-state index is 0.0260. The molecule has 0 radical (unpaired) electrons. The van der Waals surface area contributed by atoms with Crippen molar-refractivity contribution in [3.63, 3.8) is 0 Å². The third-order valence-electron chi connectivity index (χ3n) is 3.52. The first-order chi connectivity index (χ1) is 9.31. The van der Waals surface area contributed by atoms with Gasteiger partial charge in [-0.05, 0) is 17.7 Å². The Morgan fingerprint density at radius 1 is 1.26 bits per heavy atom. The largest absolute Gasteiger partial charge is 0.491 e. The van der Waals surface area contributed by atoms with Crippen molar-refractivity contribution in [2.75, 3.05) is 38.1 Å². The molecule has 1 fully saturated rings. The highest BCUT2D eigenvalue weighted by Crippen LogP contribution is 2.28. The van der Waals surface area contributed by atoms with E-state index in [1.54, 1.807) is 0 Å². The van der Waals surface area contributed by atoms with Gasteiger partial charge in [-0.3, -0.25) is 9.69 Å². The van der Waals surface area contributed by atoms with Crippen LogP contribution in [0.2, 0.25) is 0 Å². The summed E-state index contributed by atoms with van der Waals surface area (Å²) in [7, 11) is 0. The van der Waals surface area contributed by atoms with Crippen LogP contribution in [-0.2, 0) is 11.3 Å². The minimum Gasteiger partial charge on any atom is -0.491 e. The van der Waals surface area contributed by atoms with E-state index >= 15 is 0 Å². The SMILES string of the molecule is O=C1CCOc2ccc(CN3CCNCC3)cc2N1. The molecule has 5 nitrogen and oxygen atoms in total. The van der Waals surface area contributed by atoms with Crippen molar-refractivity contribution in [1.82, 2.24) is 10.2 Å². The molecule has 1 amide bonds. The van der Waals surface area contributed by atoms with Crippen LogP contribution in [0.15, 0.2) is 18.2 Å². The van der Waals surface area contributed by atoms with Gasteiger partial charge in [0.05, 0.1) is 18.7 Å². The first-order valence-corrected chi connectivity index (χ1v) is 6.80. The molecule has 0 unspecified atom stereocenters. The van der Waals surface area contributed by atoms with Crippen molar-refractivity contribution in [3.05, 3.63) is 23.8 Å². The van der Waals surface area contributed by atoms with Gasteiger partial charge in [-0.25, -0.2) is 0 Å². The van der Waals surface area contributed by atoms with Crippen LogP contribution in [-0.4, -0.2) is 43.6 Å². The van der Waals surface area contributed by atoms with Crippen LogP contribution < -0.4 is 15.4 Å². The number of hydrogen-bond acceptors (Lipinski definition) is 4. The maximum atomic E-state index is 11.5. The lowest BCUT2D eigenvalue weighted by Crippen LogP contribution is -2.42. The number of fused-ring (bicyclic) bond motifs is 1. The van der Waals surface area contributed by atoms with Crippen LogP contribution in [0, 0.1) is 0 Å². The number of amides is 1. The van der Waals surface area contributed by atoms with Gasteiger partial charge in [0.25, 0.3) is 0 Å². The number of benzene rings is 1. The number of nitrogens with zero attached hydrogens (tertiary/aromatic N) is 1. The van der Waals surface area contributed by atoms with Crippen LogP contribution in [0.4, 0.5) is 5.69 Å². The molecule has 5 heteroatoms. The molecule has 0 atom stereocenters. The molecule has 102 valence electrons. The van der Waals surface area contributed by atoms with Gasteiger partial charge in [0.2, 0.25) is 5.91 Å². The number of nitrogens with one attached hydrogen (secondary N) is 2. The van der Waals surface area contributed by atoms with Crippen molar-refractivity contribution in [2.24, 2.45) is 0 Å². The van der Waals surface area contributed by atoms with Crippen LogP contribution >= 0.6 is 0 Å². The van der Waals surface area contributed by atoms with Crippen molar-refractivity contribution in [3.8, 4) is 5.75 Å². The summed E-state index contributed by atoms with van der Waals surface area (Å²) in [6.45, 7) is 5.61. The van der Waals surface area contributed by atoms with E-state index in [-0.39, 0.29) is 5.91 Å². The van der Waals surface area contributed by atoms with E-state index in [9.17, 15) is 4.79 Å². The molecule has 3 rings (SSSR count). The summed E-state index contributed by atoms with van der Waals surface area (Å²) in [4.78, 5) is 14.0. The van der Waals surface area contributed by atoms with Crippen LogP contribution in [0.5, 0.6) is 5.75 Å². The number of carbonyl (C=O) groups is 1. The fraction of sp³-hybridized carbons (Fsp3) is 0.500. The smallest absolute Gasteiger partial charge is 0.227 e. The quantitative estimate of drug-likeness (QED) is 0.827. The highest BCUT2D eigenvalue weighted by atomic mass is 16.5.